The summed E-state index contributed by atoms with van der Waals surface area (Å²) in [5.41, 5.74) is 6.67. The molecular formula is C14H16N4O3. The van der Waals surface area contributed by atoms with E-state index in [1.54, 1.807) is 19.4 Å². The van der Waals surface area contributed by atoms with Crippen LogP contribution >= 0.6 is 0 Å². The summed E-state index contributed by atoms with van der Waals surface area (Å²) in [6, 6.07) is 4.56. The van der Waals surface area contributed by atoms with E-state index in [1.807, 2.05) is 13.0 Å². The maximum Gasteiger partial charge on any atom is 0.321 e. The first kappa shape index (κ1) is 14.6. The average molecular weight is 288 g/mol. The lowest BCUT2D eigenvalue weighted by molar-refractivity contribution is 0.0995. The molecule has 0 fully saturated rings. The van der Waals surface area contributed by atoms with E-state index >= 15 is 0 Å². The fourth-order valence-electron chi connectivity index (χ4n) is 1.74. The number of pyridine rings is 1. The van der Waals surface area contributed by atoms with Gasteiger partial charge in [0.15, 0.2) is 0 Å². The molecular weight excluding hydrogens is 272 g/mol. The average Bonchev–Trinajstić information content (AvgIpc) is 2.84. The standard InChI is InChI=1S/C14H16N4O3/c1-9-10(5-6-21-9)8-18(2)14(20)17-11-3-4-12(13(15)19)16-7-11/h3-7H,8H2,1-2H3,(H2,15,19)(H,17,20). The van der Waals surface area contributed by atoms with Gasteiger partial charge >= 0.3 is 6.03 Å². The zero-order valence-corrected chi connectivity index (χ0v) is 11.8. The molecule has 0 unspecified atom stereocenters. The van der Waals surface area contributed by atoms with E-state index in [9.17, 15) is 9.59 Å². The van der Waals surface area contributed by atoms with Crippen LogP contribution in [0.2, 0.25) is 0 Å². The molecule has 0 aromatic carbocycles. The largest absolute Gasteiger partial charge is 0.469 e. The molecule has 0 saturated carbocycles. The summed E-state index contributed by atoms with van der Waals surface area (Å²) in [5.74, 6) is 0.169. The fraction of sp³-hybridized carbons (Fsp3) is 0.214. The third kappa shape index (κ3) is 3.59. The van der Waals surface area contributed by atoms with Gasteiger partial charge in [-0.2, -0.15) is 0 Å². The number of rotatable bonds is 4. The van der Waals surface area contributed by atoms with Crippen molar-refractivity contribution < 1.29 is 14.0 Å². The summed E-state index contributed by atoms with van der Waals surface area (Å²) in [6.07, 6.45) is 2.97. The first-order chi connectivity index (χ1) is 9.97. The summed E-state index contributed by atoms with van der Waals surface area (Å²) >= 11 is 0. The number of furan rings is 1. The second kappa shape index (κ2) is 6.08. The van der Waals surface area contributed by atoms with Crippen molar-refractivity contribution in [1.82, 2.24) is 9.88 Å². The van der Waals surface area contributed by atoms with Crippen LogP contribution in [0.4, 0.5) is 10.5 Å². The number of carbonyl (C=O) groups is 2. The van der Waals surface area contributed by atoms with Gasteiger partial charge in [0.05, 0.1) is 24.7 Å². The Kier molecular flexibility index (Phi) is 4.22. The van der Waals surface area contributed by atoms with Crippen molar-refractivity contribution in [2.24, 2.45) is 5.73 Å². The van der Waals surface area contributed by atoms with Gasteiger partial charge in [-0.3, -0.25) is 4.79 Å². The molecule has 0 aliphatic carbocycles. The predicted octanol–water partition coefficient (Wildman–Crippen LogP) is 1.75. The van der Waals surface area contributed by atoms with Crippen molar-refractivity contribution in [1.29, 1.82) is 0 Å². The maximum atomic E-state index is 12.0. The Hall–Kier alpha value is -2.83. The third-order valence-corrected chi connectivity index (χ3v) is 2.99. The molecule has 2 aromatic heterocycles. The molecule has 21 heavy (non-hydrogen) atoms. The van der Waals surface area contributed by atoms with Gasteiger partial charge in [-0.15, -0.1) is 0 Å². The molecule has 0 radical (unpaired) electrons. The predicted molar refractivity (Wildman–Crippen MR) is 76.7 cm³/mol. The van der Waals surface area contributed by atoms with E-state index in [4.69, 9.17) is 10.2 Å². The lowest BCUT2D eigenvalue weighted by Gasteiger charge is -2.17. The van der Waals surface area contributed by atoms with Crippen molar-refractivity contribution in [3.05, 3.63) is 47.7 Å². The number of hydrogen-bond donors (Lipinski definition) is 2. The maximum absolute atomic E-state index is 12.0. The number of amides is 3. The van der Waals surface area contributed by atoms with Gasteiger partial charge in [-0.25, -0.2) is 9.78 Å². The van der Waals surface area contributed by atoms with E-state index < -0.39 is 5.91 Å². The highest BCUT2D eigenvalue weighted by Crippen LogP contribution is 2.12. The van der Waals surface area contributed by atoms with Crippen LogP contribution in [0.15, 0.2) is 35.1 Å². The molecule has 2 rings (SSSR count). The molecule has 7 nitrogen and oxygen atoms in total. The van der Waals surface area contributed by atoms with Crippen molar-refractivity contribution in [3.63, 3.8) is 0 Å². The van der Waals surface area contributed by atoms with Crippen molar-refractivity contribution in [2.75, 3.05) is 12.4 Å². The van der Waals surface area contributed by atoms with Crippen LogP contribution in [-0.2, 0) is 6.54 Å². The van der Waals surface area contributed by atoms with Crippen LogP contribution in [0.25, 0.3) is 0 Å². The second-order valence-electron chi connectivity index (χ2n) is 4.58. The minimum atomic E-state index is -0.611. The SMILES string of the molecule is Cc1occc1CN(C)C(=O)Nc1ccc(C(N)=O)nc1. The van der Waals surface area contributed by atoms with Crippen LogP contribution in [0, 0.1) is 6.92 Å². The molecule has 110 valence electrons. The summed E-state index contributed by atoms with van der Waals surface area (Å²) < 4.78 is 5.19. The smallest absolute Gasteiger partial charge is 0.321 e. The zero-order valence-electron chi connectivity index (χ0n) is 11.8. The molecule has 0 bridgehead atoms. The number of nitrogens with one attached hydrogen (secondary N) is 1. The molecule has 0 aliphatic rings. The minimum absolute atomic E-state index is 0.148. The van der Waals surface area contributed by atoms with Crippen molar-refractivity contribution >= 4 is 17.6 Å². The van der Waals surface area contributed by atoms with Crippen LogP contribution in [0.1, 0.15) is 21.8 Å². The Morgan fingerprint density at radius 1 is 1.38 bits per heavy atom. The highest BCUT2D eigenvalue weighted by atomic mass is 16.3. The van der Waals surface area contributed by atoms with Gasteiger partial charge in [0.2, 0.25) is 0 Å². The fourth-order valence-corrected chi connectivity index (χ4v) is 1.74. The number of hydrogen-bond acceptors (Lipinski definition) is 4. The first-order valence-corrected chi connectivity index (χ1v) is 6.28. The zero-order chi connectivity index (χ0) is 15.4. The van der Waals surface area contributed by atoms with Crippen LogP contribution in [0.3, 0.4) is 0 Å². The Morgan fingerprint density at radius 2 is 2.14 bits per heavy atom. The number of anilines is 1. The summed E-state index contributed by atoms with van der Waals surface area (Å²) in [7, 11) is 1.67. The Bertz CT molecular complexity index is 648. The van der Waals surface area contributed by atoms with Gasteiger partial charge in [0.25, 0.3) is 5.91 Å². The number of nitrogens with zero attached hydrogens (tertiary/aromatic N) is 2. The molecule has 2 aromatic rings. The monoisotopic (exact) mass is 288 g/mol. The number of nitrogens with two attached hydrogens (primary N) is 1. The summed E-state index contributed by atoms with van der Waals surface area (Å²) in [4.78, 5) is 28.3. The van der Waals surface area contributed by atoms with Gasteiger partial charge in [-0.1, -0.05) is 0 Å². The van der Waals surface area contributed by atoms with Gasteiger partial charge < -0.3 is 20.4 Å². The van der Waals surface area contributed by atoms with Gasteiger partial charge in [0, 0.05) is 12.6 Å². The highest BCUT2D eigenvalue weighted by molar-refractivity contribution is 5.92. The number of aryl methyl sites for hydroxylation is 1. The molecule has 7 heteroatoms. The Morgan fingerprint density at radius 3 is 2.67 bits per heavy atom. The molecule has 0 saturated heterocycles. The quantitative estimate of drug-likeness (QED) is 0.894. The summed E-state index contributed by atoms with van der Waals surface area (Å²) in [5, 5.41) is 2.68. The van der Waals surface area contributed by atoms with E-state index in [0.29, 0.717) is 12.2 Å². The molecule has 3 N–H and O–H groups in total. The van der Waals surface area contributed by atoms with E-state index in [-0.39, 0.29) is 11.7 Å². The van der Waals surface area contributed by atoms with Crippen molar-refractivity contribution in [2.45, 2.75) is 13.5 Å². The molecule has 2 heterocycles. The van der Waals surface area contributed by atoms with Crippen LogP contribution in [0.5, 0.6) is 0 Å². The van der Waals surface area contributed by atoms with Gasteiger partial charge in [0.1, 0.15) is 11.5 Å². The lowest BCUT2D eigenvalue weighted by Crippen LogP contribution is -2.31. The Balaban J connectivity index is 1.97. The van der Waals surface area contributed by atoms with Gasteiger partial charge in [-0.05, 0) is 25.1 Å². The second-order valence-corrected chi connectivity index (χ2v) is 4.58. The normalized spacial score (nSPS) is 10.2. The molecule has 0 spiro atoms. The lowest BCUT2D eigenvalue weighted by atomic mass is 10.2. The number of carbonyl (C=O) groups excluding carboxylic acids is 2. The van der Waals surface area contributed by atoms with E-state index in [2.05, 4.69) is 10.3 Å². The van der Waals surface area contributed by atoms with Crippen LogP contribution in [-0.4, -0.2) is 28.9 Å². The van der Waals surface area contributed by atoms with E-state index in [0.717, 1.165) is 11.3 Å². The molecule has 0 atom stereocenters. The molecule has 0 aliphatic heterocycles. The van der Waals surface area contributed by atoms with Crippen molar-refractivity contribution in [3.8, 4) is 0 Å². The third-order valence-electron chi connectivity index (χ3n) is 2.99. The van der Waals surface area contributed by atoms with E-state index in [1.165, 1.54) is 17.2 Å². The number of aromatic nitrogens is 1. The summed E-state index contributed by atoms with van der Waals surface area (Å²) in [6.45, 7) is 2.27. The number of primary amides is 1. The Labute approximate surface area is 121 Å². The van der Waals surface area contributed by atoms with Crippen LogP contribution < -0.4 is 11.1 Å². The minimum Gasteiger partial charge on any atom is -0.469 e. The number of urea groups is 1. The highest BCUT2D eigenvalue weighted by Gasteiger charge is 2.12. The molecule has 3 amide bonds. The first-order valence-electron chi connectivity index (χ1n) is 6.28. The topological polar surface area (TPSA) is 101 Å².